The number of nitrogens with zero attached hydrogens (tertiary/aromatic N) is 3. The van der Waals surface area contributed by atoms with E-state index >= 15 is 0 Å². The lowest BCUT2D eigenvalue weighted by atomic mass is 10.00. The van der Waals surface area contributed by atoms with Crippen LogP contribution in [-0.2, 0) is 0 Å². The van der Waals surface area contributed by atoms with Crippen LogP contribution >= 0.6 is 0 Å². The van der Waals surface area contributed by atoms with Gasteiger partial charge < -0.3 is 10.5 Å². The first kappa shape index (κ1) is 17.3. The summed E-state index contributed by atoms with van der Waals surface area (Å²) in [6.07, 6.45) is 3.39. The predicted octanol–water partition coefficient (Wildman–Crippen LogP) is 5.06. The fourth-order valence-corrected chi connectivity index (χ4v) is 2.90. The molecule has 0 amide bonds. The lowest BCUT2D eigenvalue weighted by molar-refractivity contribution is 0.483. The lowest BCUT2D eigenvalue weighted by Gasteiger charge is -2.11. The zero-order valence-electron chi connectivity index (χ0n) is 14.9. The van der Waals surface area contributed by atoms with Crippen LogP contribution in [0.1, 0.15) is 5.56 Å². The van der Waals surface area contributed by atoms with E-state index in [9.17, 15) is 5.26 Å². The summed E-state index contributed by atoms with van der Waals surface area (Å²) >= 11 is 0. The molecule has 5 heteroatoms. The first-order chi connectivity index (χ1) is 13.7. The molecule has 0 atom stereocenters. The highest BCUT2D eigenvalue weighted by Gasteiger charge is 2.13. The Labute approximate surface area is 162 Å². The van der Waals surface area contributed by atoms with Crippen molar-refractivity contribution in [3.05, 3.63) is 90.8 Å². The van der Waals surface area contributed by atoms with Crippen LogP contribution in [0.25, 0.3) is 22.4 Å². The predicted molar refractivity (Wildman–Crippen MR) is 109 cm³/mol. The van der Waals surface area contributed by atoms with E-state index in [-0.39, 0.29) is 5.82 Å². The average Bonchev–Trinajstić information content (AvgIpc) is 2.75. The number of aromatic nitrogens is 2. The maximum Gasteiger partial charge on any atom is 0.142 e. The van der Waals surface area contributed by atoms with Gasteiger partial charge in [-0.05, 0) is 48.5 Å². The van der Waals surface area contributed by atoms with Crippen LogP contribution in [0.4, 0.5) is 5.82 Å². The van der Waals surface area contributed by atoms with Crippen molar-refractivity contribution in [3.8, 4) is 40.0 Å². The number of hydrogen-bond acceptors (Lipinski definition) is 5. The minimum absolute atomic E-state index is 0.198. The van der Waals surface area contributed by atoms with Gasteiger partial charge in [0.15, 0.2) is 0 Å². The van der Waals surface area contributed by atoms with Crippen LogP contribution < -0.4 is 10.5 Å². The van der Waals surface area contributed by atoms with E-state index < -0.39 is 0 Å². The van der Waals surface area contributed by atoms with Crippen LogP contribution in [0, 0.1) is 11.3 Å². The number of benzene rings is 2. The summed E-state index contributed by atoms with van der Waals surface area (Å²) in [6.45, 7) is 0. The summed E-state index contributed by atoms with van der Waals surface area (Å²) in [5, 5.41) is 9.49. The second-order valence-electron chi connectivity index (χ2n) is 6.11. The number of anilines is 1. The van der Waals surface area contributed by atoms with Gasteiger partial charge in [0, 0.05) is 29.1 Å². The molecular weight excluding hydrogens is 348 g/mol. The molecule has 2 N–H and O–H groups in total. The molecule has 0 saturated heterocycles. The van der Waals surface area contributed by atoms with Crippen LogP contribution in [0.3, 0.4) is 0 Å². The summed E-state index contributed by atoms with van der Waals surface area (Å²) < 4.78 is 5.83. The van der Waals surface area contributed by atoms with Crippen molar-refractivity contribution < 1.29 is 4.74 Å². The molecule has 0 fully saturated rings. The van der Waals surface area contributed by atoms with Crippen molar-refractivity contribution in [2.24, 2.45) is 0 Å². The number of para-hydroxylation sites is 1. The quantitative estimate of drug-likeness (QED) is 0.547. The molecule has 2 aromatic carbocycles. The summed E-state index contributed by atoms with van der Waals surface area (Å²) in [5.74, 6) is 1.70. The highest BCUT2D eigenvalue weighted by atomic mass is 16.5. The second-order valence-corrected chi connectivity index (χ2v) is 6.11. The van der Waals surface area contributed by atoms with Gasteiger partial charge in [-0.3, -0.25) is 4.98 Å². The molecule has 0 radical (unpaired) electrons. The van der Waals surface area contributed by atoms with Crippen LogP contribution in [0.5, 0.6) is 11.5 Å². The van der Waals surface area contributed by atoms with Gasteiger partial charge in [-0.1, -0.05) is 24.3 Å². The highest BCUT2D eigenvalue weighted by Crippen LogP contribution is 2.32. The van der Waals surface area contributed by atoms with Gasteiger partial charge in [-0.15, -0.1) is 0 Å². The van der Waals surface area contributed by atoms with Crippen LogP contribution in [0.15, 0.2) is 85.2 Å². The van der Waals surface area contributed by atoms with Gasteiger partial charge in [-0.2, -0.15) is 5.26 Å². The molecule has 0 aliphatic heterocycles. The zero-order valence-corrected chi connectivity index (χ0v) is 14.9. The van der Waals surface area contributed by atoms with Crippen molar-refractivity contribution >= 4 is 5.82 Å². The molecule has 2 heterocycles. The van der Waals surface area contributed by atoms with Gasteiger partial charge >= 0.3 is 0 Å². The number of hydrogen-bond donors (Lipinski definition) is 1. The molecule has 0 aliphatic carbocycles. The van der Waals surface area contributed by atoms with Crippen molar-refractivity contribution in [1.82, 2.24) is 9.97 Å². The Morgan fingerprint density at radius 1 is 0.857 bits per heavy atom. The first-order valence-electron chi connectivity index (χ1n) is 8.69. The van der Waals surface area contributed by atoms with Gasteiger partial charge in [0.25, 0.3) is 0 Å². The molecule has 4 aromatic rings. The van der Waals surface area contributed by atoms with Crippen molar-refractivity contribution in [3.63, 3.8) is 0 Å². The summed E-state index contributed by atoms with van der Waals surface area (Å²) in [4.78, 5) is 8.54. The van der Waals surface area contributed by atoms with Gasteiger partial charge in [-0.25, -0.2) is 4.98 Å². The average molecular weight is 364 g/mol. The van der Waals surface area contributed by atoms with E-state index in [4.69, 9.17) is 10.5 Å². The molecule has 0 bridgehead atoms. The monoisotopic (exact) mass is 364 g/mol. The Hall–Kier alpha value is -4.17. The number of nitrogen functional groups attached to an aromatic ring is 1. The Morgan fingerprint density at radius 3 is 2.29 bits per heavy atom. The van der Waals surface area contributed by atoms with E-state index in [2.05, 4.69) is 16.0 Å². The maximum absolute atomic E-state index is 9.49. The molecule has 5 nitrogen and oxygen atoms in total. The normalized spacial score (nSPS) is 10.2. The number of ether oxygens (including phenoxy) is 1. The number of nitriles is 1. The number of nitrogens with two attached hydrogens (primary N) is 1. The topological polar surface area (TPSA) is 84.8 Å². The molecule has 2 aromatic heterocycles. The van der Waals surface area contributed by atoms with Crippen molar-refractivity contribution in [1.29, 1.82) is 5.26 Å². The van der Waals surface area contributed by atoms with Crippen molar-refractivity contribution in [2.75, 3.05) is 5.73 Å². The van der Waals surface area contributed by atoms with Gasteiger partial charge in [0.05, 0.1) is 5.69 Å². The van der Waals surface area contributed by atoms with Gasteiger partial charge in [0.2, 0.25) is 0 Å². The SMILES string of the molecule is N#Cc1c(-c2cccnc2)cc(-c2ccc(Oc3ccccc3)cc2)nc1N. The van der Waals surface area contributed by atoms with E-state index in [0.717, 1.165) is 22.6 Å². The molecular formula is C23H16N4O. The van der Waals surface area contributed by atoms with E-state index in [1.807, 2.05) is 72.8 Å². The zero-order chi connectivity index (χ0) is 19.3. The number of pyridine rings is 2. The Morgan fingerprint density at radius 2 is 1.61 bits per heavy atom. The fourth-order valence-electron chi connectivity index (χ4n) is 2.90. The lowest BCUT2D eigenvalue weighted by Crippen LogP contribution is -2.00. The molecule has 4 rings (SSSR count). The second kappa shape index (κ2) is 7.60. The van der Waals surface area contributed by atoms with Crippen LogP contribution in [-0.4, -0.2) is 9.97 Å². The molecule has 0 saturated carbocycles. The smallest absolute Gasteiger partial charge is 0.142 e. The Bertz CT molecular complexity index is 1140. The molecule has 134 valence electrons. The Kier molecular flexibility index (Phi) is 4.68. The molecule has 28 heavy (non-hydrogen) atoms. The largest absolute Gasteiger partial charge is 0.457 e. The van der Waals surface area contributed by atoms with E-state index in [1.54, 1.807) is 12.4 Å². The third kappa shape index (κ3) is 3.53. The maximum atomic E-state index is 9.49. The van der Waals surface area contributed by atoms with E-state index in [0.29, 0.717) is 16.8 Å². The fraction of sp³-hybridized carbons (Fsp3) is 0. The summed E-state index contributed by atoms with van der Waals surface area (Å²) in [6, 6.07) is 24.9. The third-order valence-corrected chi connectivity index (χ3v) is 4.26. The molecule has 0 spiro atoms. The minimum Gasteiger partial charge on any atom is -0.457 e. The summed E-state index contributed by atoms with van der Waals surface area (Å²) in [7, 11) is 0. The number of rotatable bonds is 4. The third-order valence-electron chi connectivity index (χ3n) is 4.26. The minimum atomic E-state index is 0.198. The van der Waals surface area contributed by atoms with Gasteiger partial charge in [0.1, 0.15) is 28.9 Å². The summed E-state index contributed by atoms with van der Waals surface area (Å²) in [5.41, 5.74) is 9.50. The molecule has 0 aliphatic rings. The van der Waals surface area contributed by atoms with E-state index in [1.165, 1.54) is 0 Å². The highest BCUT2D eigenvalue weighted by molar-refractivity contribution is 5.79. The standard InChI is InChI=1S/C23H16N4O/c24-14-21-20(17-5-4-12-26-15-17)13-22(27-23(21)25)16-8-10-19(11-9-16)28-18-6-2-1-3-7-18/h1-13,15H,(H2,25,27). The first-order valence-corrected chi connectivity index (χ1v) is 8.69. The Balaban J connectivity index is 1.70. The van der Waals surface area contributed by atoms with Crippen molar-refractivity contribution in [2.45, 2.75) is 0 Å². The molecule has 0 unspecified atom stereocenters. The van der Waals surface area contributed by atoms with Crippen LogP contribution in [0.2, 0.25) is 0 Å².